The Labute approximate surface area is 117 Å². The summed E-state index contributed by atoms with van der Waals surface area (Å²) in [6, 6.07) is 8.80. The summed E-state index contributed by atoms with van der Waals surface area (Å²) in [5, 5.41) is 0.552. The van der Waals surface area contributed by atoms with E-state index in [0.717, 1.165) is 11.1 Å². The first-order chi connectivity index (χ1) is 9.17. The summed E-state index contributed by atoms with van der Waals surface area (Å²) in [5.74, 6) is 1.11. The van der Waals surface area contributed by atoms with E-state index in [2.05, 4.69) is 4.98 Å². The third-order valence-electron chi connectivity index (χ3n) is 2.86. The first-order valence-electron chi connectivity index (χ1n) is 5.75. The molecule has 0 bridgehead atoms. The lowest BCUT2D eigenvalue weighted by atomic mass is 10.0. The molecule has 0 spiro atoms. The number of hydrogen-bond acceptors (Lipinski definition) is 4. The number of aromatic nitrogens is 1. The molecule has 5 heteroatoms. The lowest BCUT2D eigenvalue weighted by Crippen LogP contribution is -2.13. The number of hydrogen-bond donors (Lipinski definition) is 1. The zero-order valence-electron chi connectivity index (χ0n) is 10.8. The van der Waals surface area contributed by atoms with Crippen LogP contribution in [0.4, 0.5) is 0 Å². The van der Waals surface area contributed by atoms with Crippen molar-refractivity contribution in [3.05, 3.63) is 52.7 Å². The molecular weight excluding hydrogens is 264 g/mol. The molecule has 0 saturated carbocycles. The highest BCUT2D eigenvalue weighted by atomic mass is 35.5. The largest absolute Gasteiger partial charge is 0.495 e. The fourth-order valence-electron chi connectivity index (χ4n) is 1.86. The van der Waals surface area contributed by atoms with Crippen LogP contribution < -0.4 is 15.2 Å². The van der Waals surface area contributed by atoms with Gasteiger partial charge in [0.15, 0.2) is 0 Å². The summed E-state index contributed by atoms with van der Waals surface area (Å²) in [6.07, 6.45) is 1.66. The lowest BCUT2D eigenvalue weighted by Gasteiger charge is -2.16. The van der Waals surface area contributed by atoms with Crippen LogP contribution in [0.15, 0.2) is 36.5 Å². The minimum absolute atomic E-state index is 0.352. The second-order valence-corrected chi connectivity index (χ2v) is 4.38. The van der Waals surface area contributed by atoms with Crippen LogP contribution >= 0.6 is 11.6 Å². The van der Waals surface area contributed by atoms with E-state index < -0.39 is 0 Å². The van der Waals surface area contributed by atoms with Crippen LogP contribution in [0, 0.1) is 0 Å². The van der Waals surface area contributed by atoms with Crippen LogP contribution in [0.1, 0.15) is 17.2 Å². The number of benzene rings is 1. The molecule has 2 rings (SSSR count). The number of nitrogens with two attached hydrogens (primary N) is 1. The van der Waals surface area contributed by atoms with E-state index in [1.54, 1.807) is 26.5 Å². The molecule has 1 atom stereocenters. The molecule has 0 aliphatic rings. The highest BCUT2D eigenvalue weighted by molar-refractivity contribution is 6.32. The van der Waals surface area contributed by atoms with Crippen molar-refractivity contribution < 1.29 is 9.47 Å². The van der Waals surface area contributed by atoms with Gasteiger partial charge in [-0.05, 0) is 23.8 Å². The maximum Gasteiger partial charge on any atom is 0.218 e. The van der Waals surface area contributed by atoms with Crippen LogP contribution in [-0.2, 0) is 0 Å². The van der Waals surface area contributed by atoms with Crippen molar-refractivity contribution in [2.75, 3.05) is 14.2 Å². The first-order valence-corrected chi connectivity index (χ1v) is 6.13. The highest BCUT2D eigenvalue weighted by Crippen LogP contribution is 2.31. The van der Waals surface area contributed by atoms with Crippen molar-refractivity contribution >= 4 is 11.6 Å². The topological polar surface area (TPSA) is 57.4 Å². The van der Waals surface area contributed by atoms with Gasteiger partial charge in [0, 0.05) is 11.8 Å². The Hall–Kier alpha value is -1.78. The van der Waals surface area contributed by atoms with Gasteiger partial charge in [-0.3, -0.25) is 0 Å². The van der Waals surface area contributed by atoms with Crippen LogP contribution in [-0.4, -0.2) is 19.2 Å². The Morgan fingerprint density at radius 1 is 1.21 bits per heavy atom. The van der Waals surface area contributed by atoms with Crippen LogP contribution in [0.2, 0.25) is 5.02 Å². The van der Waals surface area contributed by atoms with Gasteiger partial charge in [0.25, 0.3) is 0 Å². The van der Waals surface area contributed by atoms with Crippen LogP contribution in [0.3, 0.4) is 0 Å². The SMILES string of the molecule is COc1cc(C(N)c2cccnc2OC)ccc1Cl. The van der Waals surface area contributed by atoms with Gasteiger partial charge in [0.1, 0.15) is 5.75 Å². The molecule has 0 radical (unpaired) electrons. The standard InChI is InChI=1S/C14H15ClN2O2/c1-18-12-8-9(5-6-11(12)15)13(16)10-4-3-7-17-14(10)19-2/h3-8,13H,16H2,1-2H3. The zero-order valence-corrected chi connectivity index (χ0v) is 11.5. The Balaban J connectivity index is 2.41. The Bertz CT molecular complexity index is 575. The predicted octanol–water partition coefficient (Wildman–Crippen LogP) is 2.80. The van der Waals surface area contributed by atoms with Gasteiger partial charge >= 0.3 is 0 Å². The van der Waals surface area contributed by atoms with Crippen molar-refractivity contribution in [1.82, 2.24) is 4.98 Å². The summed E-state index contributed by atoms with van der Waals surface area (Å²) in [6.45, 7) is 0. The van der Waals surface area contributed by atoms with Crippen molar-refractivity contribution in [3.8, 4) is 11.6 Å². The molecule has 0 saturated heterocycles. The average Bonchev–Trinajstić information content (AvgIpc) is 2.47. The quantitative estimate of drug-likeness (QED) is 0.934. The normalized spacial score (nSPS) is 12.0. The summed E-state index contributed by atoms with van der Waals surface area (Å²) >= 11 is 6.00. The molecule has 0 fully saturated rings. The zero-order chi connectivity index (χ0) is 13.8. The Morgan fingerprint density at radius 3 is 2.68 bits per heavy atom. The maximum atomic E-state index is 6.25. The van der Waals surface area contributed by atoms with Gasteiger partial charge in [-0.15, -0.1) is 0 Å². The highest BCUT2D eigenvalue weighted by Gasteiger charge is 2.16. The number of rotatable bonds is 4. The molecule has 1 aromatic heterocycles. The third kappa shape index (κ3) is 2.80. The minimum atomic E-state index is -0.352. The molecule has 1 heterocycles. The van der Waals surface area contributed by atoms with Crippen molar-refractivity contribution in [2.24, 2.45) is 5.73 Å². The molecule has 0 amide bonds. The molecular formula is C14H15ClN2O2. The van der Waals surface area contributed by atoms with Gasteiger partial charge in [-0.1, -0.05) is 23.7 Å². The van der Waals surface area contributed by atoms with E-state index in [0.29, 0.717) is 16.7 Å². The minimum Gasteiger partial charge on any atom is -0.495 e. The lowest BCUT2D eigenvalue weighted by molar-refractivity contribution is 0.390. The molecule has 0 aliphatic heterocycles. The van der Waals surface area contributed by atoms with Gasteiger partial charge < -0.3 is 15.2 Å². The summed E-state index contributed by atoms with van der Waals surface area (Å²) in [4.78, 5) is 4.14. The Kier molecular flexibility index (Phi) is 4.24. The van der Waals surface area contributed by atoms with Gasteiger partial charge in [-0.25, -0.2) is 4.98 Å². The van der Waals surface area contributed by atoms with Crippen molar-refractivity contribution in [3.63, 3.8) is 0 Å². The van der Waals surface area contributed by atoms with E-state index >= 15 is 0 Å². The van der Waals surface area contributed by atoms with E-state index in [4.69, 9.17) is 26.8 Å². The van der Waals surface area contributed by atoms with E-state index in [-0.39, 0.29) is 6.04 Å². The van der Waals surface area contributed by atoms with Gasteiger partial charge in [0.2, 0.25) is 5.88 Å². The molecule has 0 aliphatic carbocycles. The van der Waals surface area contributed by atoms with E-state index in [1.165, 1.54) is 0 Å². The van der Waals surface area contributed by atoms with Crippen LogP contribution in [0.5, 0.6) is 11.6 Å². The summed E-state index contributed by atoms with van der Waals surface area (Å²) < 4.78 is 10.4. The number of methoxy groups -OCH3 is 2. The van der Waals surface area contributed by atoms with Crippen LogP contribution in [0.25, 0.3) is 0 Å². The van der Waals surface area contributed by atoms with Crippen molar-refractivity contribution in [2.45, 2.75) is 6.04 Å². The smallest absolute Gasteiger partial charge is 0.218 e. The van der Waals surface area contributed by atoms with E-state index in [9.17, 15) is 0 Å². The molecule has 1 unspecified atom stereocenters. The molecule has 2 aromatic rings. The molecule has 100 valence electrons. The number of pyridine rings is 1. The monoisotopic (exact) mass is 278 g/mol. The molecule has 1 aromatic carbocycles. The first kappa shape index (κ1) is 13.6. The average molecular weight is 279 g/mol. The summed E-state index contributed by atoms with van der Waals surface area (Å²) in [7, 11) is 3.14. The second-order valence-electron chi connectivity index (χ2n) is 3.97. The third-order valence-corrected chi connectivity index (χ3v) is 3.18. The number of nitrogens with zero attached hydrogens (tertiary/aromatic N) is 1. The number of halogens is 1. The fourth-order valence-corrected chi connectivity index (χ4v) is 2.05. The van der Waals surface area contributed by atoms with Crippen molar-refractivity contribution in [1.29, 1.82) is 0 Å². The van der Waals surface area contributed by atoms with Gasteiger partial charge in [-0.2, -0.15) is 0 Å². The Morgan fingerprint density at radius 2 is 2.00 bits per heavy atom. The maximum absolute atomic E-state index is 6.25. The second kappa shape index (κ2) is 5.91. The van der Waals surface area contributed by atoms with Gasteiger partial charge in [0.05, 0.1) is 25.3 Å². The molecule has 19 heavy (non-hydrogen) atoms. The van der Waals surface area contributed by atoms with E-state index in [1.807, 2.05) is 24.3 Å². The summed E-state index contributed by atoms with van der Waals surface area (Å²) in [5.41, 5.74) is 7.94. The predicted molar refractivity (Wildman–Crippen MR) is 74.8 cm³/mol. The number of ether oxygens (including phenoxy) is 2. The fraction of sp³-hybridized carbons (Fsp3) is 0.214. The molecule has 4 nitrogen and oxygen atoms in total. The molecule has 2 N–H and O–H groups in total.